The summed E-state index contributed by atoms with van der Waals surface area (Å²) in [5.41, 5.74) is 8.40. The van der Waals surface area contributed by atoms with Gasteiger partial charge in [-0.25, -0.2) is 4.39 Å². The van der Waals surface area contributed by atoms with Crippen LogP contribution in [0, 0.1) is 12.7 Å². The molecule has 5 nitrogen and oxygen atoms in total. The minimum absolute atomic E-state index is 0.0663. The van der Waals surface area contributed by atoms with E-state index in [0.29, 0.717) is 24.7 Å². The van der Waals surface area contributed by atoms with Gasteiger partial charge in [0.1, 0.15) is 6.10 Å². The lowest BCUT2D eigenvalue weighted by molar-refractivity contribution is -0.0331. The molecule has 3 rings (SSSR count). The summed E-state index contributed by atoms with van der Waals surface area (Å²) >= 11 is 0. The zero-order chi connectivity index (χ0) is 17.6. The highest BCUT2D eigenvalue weighted by molar-refractivity contribution is 5.40. The average Bonchev–Trinajstić information content (AvgIpc) is 2.59. The normalized spacial score (nSPS) is 18.2. The summed E-state index contributed by atoms with van der Waals surface area (Å²) in [6.45, 7) is 5.59. The highest BCUT2D eigenvalue weighted by atomic mass is 19.1. The number of pyridine rings is 1. The number of morpholine rings is 1. The number of hydrogen-bond acceptors (Lipinski definition) is 5. The Balaban J connectivity index is 1.48. The molecule has 0 spiro atoms. The molecule has 134 valence electrons. The smallest absolute Gasteiger partial charge is 0.165 e. The van der Waals surface area contributed by atoms with Crippen molar-refractivity contribution in [2.24, 2.45) is 0 Å². The van der Waals surface area contributed by atoms with Gasteiger partial charge in [-0.15, -0.1) is 0 Å². The summed E-state index contributed by atoms with van der Waals surface area (Å²) in [4.78, 5) is 6.86. The van der Waals surface area contributed by atoms with Crippen molar-refractivity contribution in [1.82, 2.24) is 9.88 Å². The molecule has 0 amide bonds. The molecule has 2 N–H and O–H groups in total. The molecule has 25 heavy (non-hydrogen) atoms. The predicted octanol–water partition coefficient (Wildman–Crippen LogP) is 2.95. The van der Waals surface area contributed by atoms with Gasteiger partial charge in [0.25, 0.3) is 0 Å². The van der Waals surface area contributed by atoms with Crippen LogP contribution in [0.1, 0.15) is 23.9 Å². The molecule has 2 heterocycles. The first kappa shape index (κ1) is 17.6. The minimum atomic E-state index is -0.322. The van der Waals surface area contributed by atoms with Crippen LogP contribution >= 0.6 is 0 Å². The van der Waals surface area contributed by atoms with Gasteiger partial charge < -0.3 is 15.2 Å². The summed E-state index contributed by atoms with van der Waals surface area (Å²) in [7, 11) is 0. The van der Waals surface area contributed by atoms with Gasteiger partial charge >= 0.3 is 0 Å². The molecule has 1 aromatic carbocycles. The summed E-state index contributed by atoms with van der Waals surface area (Å²) in [5, 5.41) is 0. The van der Waals surface area contributed by atoms with E-state index in [2.05, 4.69) is 9.88 Å². The Morgan fingerprint density at radius 3 is 3.00 bits per heavy atom. The number of aryl methyl sites for hydroxylation is 1. The van der Waals surface area contributed by atoms with Crippen molar-refractivity contribution in [2.45, 2.75) is 19.4 Å². The Kier molecular flexibility index (Phi) is 5.83. The van der Waals surface area contributed by atoms with E-state index in [4.69, 9.17) is 15.2 Å². The maximum atomic E-state index is 13.5. The lowest BCUT2D eigenvalue weighted by Gasteiger charge is -2.32. The van der Waals surface area contributed by atoms with Gasteiger partial charge in [0.15, 0.2) is 11.6 Å². The molecule has 1 fully saturated rings. The number of nitrogens with two attached hydrogens (primary N) is 1. The van der Waals surface area contributed by atoms with Gasteiger partial charge in [-0.1, -0.05) is 12.1 Å². The number of nitrogen functional groups attached to an aromatic ring is 1. The second-order valence-corrected chi connectivity index (χ2v) is 6.26. The Bertz CT molecular complexity index is 691. The predicted molar refractivity (Wildman–Crippen MR) is 95.0 cm³/mol. The van der Waals surface area contributed by atoms with E-state index in [0.717, 1.165) is 37.4 Å². The minimum Gasteiger partial charge on any atom is -0.490 e. The van der Waals surface area contributed by atoms with Crippen molar-refractivity contribution in [3.63, 3.8) is 0 Å². The van der Waals surface area contributed by atoms with Crippen molar-refractivity contribution in [3.8, 4) is 5.75 Å². The fraction of sp³-hybridized carbons (Fsp3) is 0.421. The maximum Gasteiger partial charge on any atom is 0.165 e. The fourth-order valence-corrected chi connectivity index (χ4v) is 3.00. The Morgan fingerprint density at radius 2 is 2.20 bits per heavy atom. The molecule has 6 heteroatoms. The summed E-state index contributed by atoms with van der Waals surface area (Å²) < 4.78 is 24.9. The SMILES string of the molecule is Cc1cc(N)cc(C2CN(CCCOc3ccccc3F)CCO2)n1. The molecular formula is C19H24FN3O2. The van der Waals surface area contributed by atoms with Gasteiger partial charge in [-0.3, -0.25) is 9.88 Å². The molecular weight excluding hydrogens is 321 g/mol. The van der Waals surface area contributed by atoms with E-state index < -0.39 is 0 Å². The van der Waals surface area contributed by atoms with Gasteiger partial charge in [-0.2, -0.15) is 0 Å². The van der Waals surface area contributed by atoms with Crippen molar-refractivity contribution in [3.05, 3.63) is 53.6 Å². The molecule has 1 aromatic heterocycles. The third-order valence-corrected chi connectivity index (χ3v) is 4.19. The second kappa shape index (κ2) is 8.27. The van der Waals surface area contributed by atoms with Crippen LogP contribution in [-0.2, 0) is 4.74 Å². The van der Waals surface area contributed by atoms with Crippen LogP contribution in [0.15, 0.2) is 36.4 Å². The summed E-state index contributed by atoms with van der Waals surface area (Å²) in [6.07, 6.45) is 0.758. The zero-order valence-electron chi connectivity index (χ0n) is 14.5. The number of aromatic nitrogens is 1. The van der Waals surface area contributed by atoms with E-state index in [1.54, 1.807) is 18.2 Å². The largest absolute Gasteiger partial charge is 0.490 e. The number of hydrogen-bond donors (Lipinski definition) is 1. The van der Waals surface area contributed by atoms with Crippen molar-refractivity contribution in [2.75, 3.05) is 38.6 Å². The molecule has 0 bridgehead atoms. The Morgan fingerprint density at radius 1 is 1.36 bits per heavy atom. The van der Waals surface area contributed by atoms with Gasteiger partial charge in [0.05, 0.1) is 18.9 Å². The lowest BCUT2D eigenvalue weighted by atomic mass is 10.1. The number of nitrogens with zero attached hydrogens (tertiary/aromatic N) is 2. The number of para-hydroxylation sites is 1. The van der Waals surface area contributed by atoms with E-state index in [9.17, 15) is 4.39 Å². The molecule has 0 aliphatic carbocycles. The molecule has 2 aromatic rings. The van der Waals surface area contributed by atoms with Gasteiger partial charge in [0, 0.05) is 31.0 Å². The van der Waals surface area contributed by atoms with Gasteiger partial charge in [0.2, 0.25) is 0 Å². The highest BCUT2D eigenvalue weighted by Gasteiger charge is 2.23. The molecule has 0 saturated carbocycles. The number of ether oxygens (including phenoxy) is 2. The lowest BCUT2D eigenvalue weighted by Crippen LogP contribution is -2.39. The van der Waals surface area contributed by atoms with E-state index >= 15 is 0 Å². The maximum absolute atomic E-state index is 13.5. The number of benzene rings is 1. The molecule has 1 saturated heterocycles. The third-order valence-electron chi connectivity index (χ3n) is 4.19. The van der Waals surface area contributed by atoms with E-state index in [1.165, 1.54) is 6.07 Å². The number of halogens is 1. The second-order valence-electron chi connectivity index (χ2n) is 6.26. The van der Waals surface area contributed by atoms with Crippen molar-refractivity contribution >= 4 is 5.69 Å². The van der Waals surface area contributed by atoms with E-state index in [1.807, 2.05) is 19.1 Å². The summed E-state index contributed by atoms with van der Waals surface area (Å²) in [6, 6.07) is 10.2. The first-order chi connectivity index (χ1) is 12.1. The highest BCUT2D eigenvalue weighted by Crippen LogP contribution is 2.23. The number of anilines is 1. The fourth-order valence-electron chi connectivity index (χ4n) is 3.00. The number of rotatable bonds is 6. The van der Waals surface area contributed by atoms with Crippen LogP contribution in [0.25, 0.3) is 0 Å². The Hall–Kier alpha value is -2.18. The Labute approximate surface area is 147 Å². The monoisotopic (exact) mass is 345 g/mol. The van der Waals surface area contributed by atoms with Crippen LogP contribution in [-0.4, -0.2) is 42.7 Å². The van der Waals surface area contributed by atoms with Crippen molar-refractivity contribution in [1.29, 1.82) is 0 Å². The molecule has 1 aliphatic heterocycles. The van der Waals surface area contributed by atoms with Crippen LogP contribution < -0.4 is 10.5 Å². The first-order valence-corrected chi connectivity index (χ1v) is 8.57. The molecule has 0 radical (unpaired) electrons. The molecule has 1 aliphatic rings. The topological polar surface area (TPSA) is 60.6 Å². The van der Waals surface area contributed by atoms with Crippen molar-refractivity contribution < 1.29 is 13.9 Å². The standard InChI is InChI=1S/C19H24FN3O2/c1-14-11-15(21)12-17(22-14)19-13-23(8-10-25-19)7-4-9-24-18-6-3-2-5-16(18)20/h2-3,5-6,11-12,19H,4,7-10,13H2,1H3,(H2,21,22). The average molecular weight is 345 g/mol. The van der Waals surface area contributed by atoms with E-state index in [-0.39, 0.29) is 11.9 Å². The quantitative estimate of drug-likeness (QED) is 0.816. The third kappa shape index (κ3) is 4.90. The van der Waals surface area contributed by atoms with Crippen LogP contribution in [0.4, 0.5) is 10.1 Å². The molecule has 1 unspecified atom stereocenters. The zero-order valence-corrected chi connectivity index (χ0v) is 14.5. The van der Waals surface area contributed by atoms with Crippen LogP contribution in [0.3, 0.4) is 0 Å². The van der Waals surface area contributed by atoms with Gasteiger partial charge in [-0.05, 0) is 37.6 Å². The van der Waals surface area contributed by atoms with Crippen LogP contribution in [0.5, 0.6) is 5.75 Å². The van der Waals surface area contributed by atoms with Crippen LogP contribution in [0.2, 0.25) is 0 Å². The summed E-state index contributed by atoms with van der Waals surface area (Å²) in [5.74, 6) is -0.0150. The first-order valence-electron chi connectivity index (χ1n) is 8.57. The molecule has 1 atom stereocenters.